The summed E-state index contributed by atoms with van der Waals surface area (Å²) in [5.74, 6) is 0. The van der Waals surface area contributed by atoms with Gasteiger partial charge in [-0.15, -0.1) is 0 Å². The first-order valence-electron chi connectivity index (χ1n) is 16.3. The van der Waals surface area contributed by atoms with Gasteiger partial charge in [-0.05, 0) is 93.0 Å². The second kappa shape index (κ2) is 10.6. The summed E-state index contributed by atoms with van der Waals surface area (Å²) in [6.45, 7) is 4.70. The van der Waals surface area contributed by atoms with Crippen molar-refractivity contribution in [1.29, 1.82) is 0 Å². The monoisotopic (exact) mass is 603 g/mol. The fourth-order valence-electron chi connectivity index (χ4n) is 7.62. The molecule has 9 rings (SSSR count). The fourth-order valence-corrected chi connectivity index (χ4v) is 7.62. The minimum atomic E-state index is -0.0918. The zero-order chi connectivity index (χ0) is 31.5. The summed E-state index contributed by atoms with van der Waals surface area (Å²) >= 11 is 0. The van der Waals surface area contributed by atoms with Crippen molar-refractivity contribution in [3.63, 3.8) is 0 Å². The Morgan fingerprint density at radius 1 is 0.447 bits per heavy atom. The molecule has 1 heterocycles. The van der Waals surface area contributed by atoms with Gasteiger partial charge in [-0.3, -0.25) is 0 Å². The summed E-state index contributed by atoms with van der Waals surface area (Å²) in [5.41, 5.74) is 15.4. The fraction of sp³-hybridized carbons (Fsp3) is 0.0667. The SMILES string of the molecule is CC1(C)c2ccc(N(c3ccccc3)c3ccc(-c4cccc5oc6ccccc6c45)cc3)cc2-c2c(-c3ccccc3)cccc21. The molecule has 47 heavy (non-hydrogen) atoms. The quantitative estimate of drug-likeness (QED) is 0.195. The van der Waals surface area contributed by atoms with E-state index < -0.39 is 0 Å². The van der Waals surface area contributed by atoms with Crippen LogP contribution in [0.3, 0.4) is 0 Å². The van der Waals surface area contributed by atoms with E-state index in [-0.39, 0.29) is 5.41 Å². The van der Waals surface area contributed by atoms with Gasteiger partial charge in [0.2, 0.25) is 0 Å². The van der Waals surface area contributed by atoms with Crippen LogP contribution in [0.1, 0.15) is 25.0 Å². The molecule has 0 saturated heterocycles. The molecule has 0 atom stereocenters. The smallest absolute Gasteiger partial charge is 0.136 e. The third-order valence-corrected chi connectivity index (χ3v) is 9.88. The normalized spacial score (nSPS) is 13.1. The van der Waals surface area contributed by atoms with Crippen molar-refractivity contribution in [3.8, 4) is 33.4 Å². The predicted octanol–water partition coefficient (Wildman–Crippen LogP) is 12.7. The van der Waals surface area contributed by atoms with Crippen LogP contribution in [0.25, 0.3) is 55.3 Å². The summed E-state index contributed by atoms with van der Waals surface area (Å²) in [5, 5.41) is 2.30. The molecule has 0 fully saturated rings. The lowest BCUT2D eigenvalue weighted by atomic mass is 9.82. The average Bonchev–Trinajstić information content (AvgIpc) is 3.62. The van der Waals surface area contributed by atoms with Crippen LogP contribution >= 0.6 is 0 Å². The maximum Gasteiger partial charge on any atom is 0.136 e. The first kappa shape index (κ1) is 27.5. The second-order valence-electron chi connectivity index (χ2n) is 12.9. The Morgan fingerprint density at radius 3 is 1.87 bits per heavy atom. The molecule has 0 N–H and O–H groups in total. The van der Waals surface area contributed by atoms with E-state index in [0.29, 0.717) is 0 Å². The Labute approximate surface area is 275 Å². The van der Waals surface area contributed by atoms with Crippen molar-refractivity contribution in [2.45, 2.75) is 19.3 Å². The van der Waals surface area contributed by atoms with Crippen LogP contribution in [0, 0.1) is 0 Å². The number of para-hydroxylation sites is 2. The lowest BCUT2D eigenvalue weighted by molar-refractivity contribution is 0.660. The molecule has 7 aromatic carbocycles. The molecule has 0 bridgehead atoms. The molecule has 0 aliphatic heterocycles. The van der Waals surface area contributed by atoms with E-state index in [4.69, 9.17) is 4.42 Å². The minimum absolute atomic E-state index is 0.0918. The molecule has 8 aromatic rings. The third-order valence-electron chi connectivity index (χ3n) is 9.88. The van der Waals surface area contributed by atoms with Crippen LogP contribution in [0.15, 0.2) is 168 Å². The van der Waals surface area contributed by atoms with Gasteiger partial charge in [0.15, 0.2) is 0 Å². The summed E-state index contributed by atoms with van der Waals surface area (Å²) in [4.78, 5) is 2.37. The zero-order valence-electron chi connectivity index (χ0n) is 26.4. The van der Waals surface area contributed by atoms with E-state index in [1.165, 1.54) is 38.9 Å². The van der Waals surface area contributed by atoms with E-state index >= 15 is 0 Å². The standard InChI is InChI=1S/C45H33NO/c1-45(2)39-28-27-34(29-38(39)43-35(18-11-20-40(43)45)30-13-5-3-6-14-30)46(32-15-7-4-8-16-32)33-25-23-31(24-26-33)36-19-12-22-42-44(36)37-17-9-10-21-41(37)47-42/h3-29H,1-2H3. The number of fused-ring (bicyclic) bond motifs is 6. The van der Waals surface area contributed by atoms with Crippen LogP contribution in [0.2, 0.25) is 0 Å². The number of nitrogens with zero attached hydrogens (tertiary/aromatic N) is 1. The number of anilines is 3. The van der Waals surface area contributed by atoms with Gasteiger partial charge in [0, 0.05) is 33.2 Å². The van der Waals surface area contributed by atoms with Gasteiger partial charge in [0.1, 0.15) is 11.2 Å². The van der Waals surface area contributed by atoms with Crippen molar-refractivity contribution < 1.29 is 4.42 Å². The summed E-state index contributed by atoms with van der Waals surface area (Å²) < 4.78 is 6.20. The van der Waals surface area contributed by atoms with Gasteiger partial charge < -0.3 is 9.32 Å². The van der Waals surface area contributed by atoms with Crippen molar-refractivity contribution in [2.75, 3.05) is 4.90 Å². The Kier molecular flexibility index (Phi) is 6.20. The highest BCUT2D eigenvalue weighted by molar-refractivity contribution is 6.12. The number of furan rings is 1. The number of rotatable bonds is 5. The predicted molar refractivity (Wildman–Crippen MR) is 197 cm³/mol. The first-order valence-corrected chi connectivity index (χ1v) is 16.3. The highest BCUT2D eigenvalue weighted by Gasteiger charge is 2.37. The Morgan fingerprint density at radius 2 is 1.06 bits per heavy atom. The Hall–Kier alpha value is -5.86. The van der Waals surface area contributed by atoms with E-state index in [1.54, 1.807) is 0 Å². The topological polar surface area (TPSA) is 16.4 Å². The van der Waals surface area contributed by atoms with Crippen LogP contribution in [0.5, 0.6) is 0 Å². The molecule has 1 aromatic heterocycles. The van der Waals surface area contributed by atoms with Gasteiger partial charge in [0.05, 0.1) is 0 Å². The molecular weight excluding hydrogens is 571 g/mol. The molecule has 0 saturated carbocycles. The van der Waals surface area contributed by atoms with Crippen molar-refractivity contribution in [1.82, 2.24) is 0 Å². The third kappa shape index (κ3) is 4.33. The molecule has 0 spiro atoms. The molecule has 224 valence electrons. The van der Waals surface area contributed by atoms with Gasteiger partial charge in [0.25, 0.3) is 0 Å². The maximum atomic E-state index is 6.20. The van der Waals surface area contributed by atoms with Gasteiger partial charge >= 0.3 is 0 Å². The highest BCUT2D eigenvalue weighted by atomic mass is 16.3. The molecule has 0 amide bonds. The number of benzene rings is 7. The van der Waals surface area contributed by atoms with E-state index in [2.05, 4.69) is 170 Å². The van der Waals surface area contributed by atoms with Crippen molar-refractivity contribution in [2.24, 2.45) is 0 Å². The summed E-state index contributed by atoms with van der Waals surface area (Å²) in [6, 6.07) is 58.8. The van der Waals surface area contributed by atoms with Crippen LogP contribution < -0.4 is 4.90 Å². The maximum absolute atomic E-state index is 6.20. The Balaban J connectivity index is 1.19. The average molecular weight is 604 g/mol. The molecule has 2 heteroatoms. The molecule has 0 radical (unpaired) electrons. The van der Waals surface area contributed by atoms with Gasteiger partial charge in [-0.2, -0.15) is 0 Å². The second-order valence-corrected chi connectivity index (χ2v) is 12.9. The van der Waals surface area contributed by atoms with E-state index in [0.717, 1.165) is 44.6 Å². The van der Waals surface area contributed by atoms with Gasteiger partial charge in [-0.25, -0.2) is 0 Å². The van der Waals surface area contributed by atoms with Crippen LogP contribution in [-0.4, -0.2) is 0 Å². The Bertz CT molecular complexity index is 2420. The minimum Gasteiger partial charge on any atom is -0.456 e. The summed E-state index contributed by atoms with van der Waals surface area (Å²) in [6.07, 6.45) is 0. The highest BCUT2D eigenvalue weighted by Crippen LogP contribution is 2.53. The molecule has 1 aliphatic carbocycles. The van der Waals surface area contributed by atoms with Gasteiger partial charge in [-0.1, -0.05) is 129 Å². The van der Waals surface area contributed by atoms with Crippen molar-refractivity contribution in [3.05, 3.63) is 175 Å². The molecule has 1 aliphatic rings. The molecule has 2 nitrogen and oxygen atoms in total. The van der Waals surface area contributed by atoms with Crippen molar-refractivity contribution >= 4 is 39.0 Å². The first-order chi connectivity index (χ1) is 23.1. The summed E-state index contributed by atoms with van der Waals surface area (Å²) in [7, 11) is 0. The largest absolute Gasteiger partial charge is 0.456 e. The van der Waals surface area contributed by atoms with E-state index in [1.807, 2.05) is 12.1 Å². The van der Waals surface area contributed by atoms with Crippen LogP contribution in [-0.2, 0) is 5.41 Å². The lowest BCUT2D eigenvalue weighted by Crippen LogP contribution is -2.15. The molecule has 0 unspecified atom stereocenters. The zero-order valence-corrected chi connectivity index (χ0v) is 26.4. The number of hydrogen-bond donors (Lipinski definition) is 0. The van der Waals surface area contributed by atoms with Crippen LogP contribution in [0.4, 0.5) is 17.1 Å². The molecular formula is C45H33NO. The number of hydrogen-bond acceptors (Lipinski definition) is 2. The van der Waals surface area contributed by atoms with E-state index in [9.17, 15) is 0 Å². The lowest BCUT2D eigenvalue weighted by Gasteiger charge is -2.27.